The molecule has 0 bridgehead atoms. The van der Waals surface area contributed by atoms with Crippen molar-refractivity contribution in [3.63, 3.8) is 0 Å². The fraction of sp³-hybridized carbons (Fsp3) is 0.438. The zero-order valence-corrected chi connectivity index (χ0v) is 12.9. The third-order valence-electron chi connectivity index (χ3n) is 4.84. The van der Waals surface area contributed by atoms with Gasteiger partial charge in [-0.15, -0.1) is 0 Å². The number of nitrogens with zero attached hydrogens (tertiary/aromatic N) is 4. The van der Waals surface area contributed by atoms with Crippen LogP contribution >= 0.6 is 0 Å². The number of pyridine rings is 1. The number of nitrogen functional groups attached to an aromatic ring is 1. The standard InChI is InChI=1S/C16H19N5O2/c1-9-10(7-21-8-13(16(22)23)15(17)19-21)2-3-14(18-9)20-5-11-4-12(11)6-20/h2-3,8,11-12H,4-7H2,1H3,(H2,17,19)(H,22,23). The number of rotatable bonds is 4. The van der Waals surface area contributed by atoms with Crippen LogP contribution in [0.2, 0.25) is 0 Å². The van der Waals surface area contributed by atoms with Gasteiger partial charge in [-0.25, -0.2) is 9.78 Å². The highest BCUT2D eigenvalue weighted by Crippen LogP contribution is 2.45. The van der Waals surface area contributed by atoms with E-state index in [1.54, 1.807) is 4.68 Å². The highest BCUT2D eigenvalue weighted by Gasteiger charge is 2.45. The minimum Gasteiger partial charge on any atom is -0.477 e. The molecule has 0 aromatic carbocycles. The van der Waals surface area contributed by atoms with Crippen molar-refractivity contribution in [3.05, 3.63) is 35.2 Å². The first-order valence-electron chi connectivity index (χ1n) is 7.79. The summed E-state index contributed by atoms with van der Waals surface area (Å²) >= 11 is 0. The van der Waals surface area contributed by atoms with Gasteiger partial charge in [0.05, 0.1) is 6.54 Å². The molecule has 0 spiro atoms. The van der Waals surface area contributed by atoms with Crippen molar-refractivity contribution in [2.75, 3.05) is 23.7 Å². The van der Waals surface area contributed by atoms with Crippen molar-refractivity contribution in [1.29, 1.82) is 0 Å². The number of fused-ring (bicyclic) bond motifs is 1. The smallest absolute Gasteiger partial charge is 0.341 e. The Bertz CT molecular complexity index is 775. The molecule has 23 heavy (non-hydrogen) atoms. The van der Waals surface area contributed by atoms with Gasteiger partial charge in [0.15, 0.2) is 5.82 Å². The van der Waals surface area contributed by atoms with Gasteiger partial charge in [-0.3, -0.25) is 4.68 Å². The SMILES string of the molecule is Cc1nc(N2CC3CC3C2)ccc1Cn1cc(C(=O)O)c(N)n1. The third-order valence-corrected chi connectivity index (χ3v) is 4.84. The van der Waals surface area contributed by atoms with Gasteiger partial charge in [0.1, 0.15) is 11.4 Å². The number of nitrogens with two attached hydrogens (primary N) is 1. The molecule has 2 fully saturated rings. The maximum Gasteiger partial charge on any atom is 0.341 e. The molecule has 1 saturated carbocycles. The number of aromatic nitrogens is 3. The van der Waals surface area contributed by atoms with Crippen LogP contribution in [-0.2, 0) is 6.54 Å². The molecule has 2 aromatic rings. The van der Waals surface area contributed by atoms with E-state index in [-0.39, 0.29) is 11.4 Å². The molecule has 3 N–H and O–H groups in total. The highest BCUT2D eigenvalue weighted by molar-refractivity contribution is 5.92. The molecule has 2 aliphatic rings. The number of piperidine rings is 1. The maximum atomic E-state index is 11.0. The van der Waals surface area contributed by atoms with Crippen LogP contribution in [0.15, 0.2) is 18.3 Å². The number of anilines is 2. The van der Waals surface area contributed by atoms with Crippen LogP contribution in [0.25, 0.3) is 0 Å². The Labute approximate surface area is 133 Å². The zero-order valence-electron chi connectivity index (χ0n) is 12.9. The summed E-state index contributed by atoms with van der Waals surface area (Å²) in [6, 6.07) is 4.08. The molecule has 4 rings (SSSR count). The zero-order chi connectivity index (χ0) is 16.1. The van der Waals surface area contributed by atoms with E-state index in [0.29, 0.717) is 6.54 Å². The van der Waals surface area contributed by atoms with Gasteiger partial charge in [-0.05, 0) is 36.8 Å². The van der Waals surface area contributed by atoms with Gasteiger partial charge in [-0.1, -0.05) is 6.07 Å². The number of hydrogen-bond donors (Lipinski definition) is 2. The Morgan fingerprint density at radius 2 is 2.13 bits per heavy atom. The number of carboxylic acid groups (broad SMARTS) is 1. The molecule has 1 aliphatic carbocycles. The average Bonchev–Trinajstić information content (AvgIpc) is 2.93. The van der Waals surface area contributed by atoms with E-state index < -0.39 is 5.97 Å². The lowest BCUT2D eigenvalue weighted by atomic mass is 10.2. The maximum absolute atomic E-state index is 11.0. The largest absolute Gasteiger partial charge is 0.477 e. The summed E-state index contributed by atoms with van der Waals surface area (Å²) in [6.45, 7) is 4.67. The van der Waals surface area contributed by atoms with Gasteiger partial charge >= 0.3 is 5.97 Å². The fourth-order valence-electron chi connectivity index (χ4n) is 3.36. The summed E-state index contributed by atoms with van der Waals surface area (Å²) < 4.78 is 1.55. The lowest BCUT2D eigenvalue weighted by molar-refractivity contribution is 0.0698. The third kappa shape index (κ3) is 2.52. The molecular weight excluding hydrogens is 294 g/mol. The molecule has 2 aromatic heterocycles. The summed E-state index contributed by atoms with van der Waals surface area (Å²) in [7, 11) is 0. The van der Waals surface area contributed by atoms with Gasteiger partial charge in [0.2, 0.25) is 0 Å². The molecule has 3 heterocycles. The minimum absolute atomic E-state index is 0.0310. The van der Waals surface area contributed by atoms with E-state index in [0.717, 1.165) is 42.0 Å². The van der Waals surface area contributed by atoms with E-state index in [1.807, 2.05) is 19.1 Å². The van der Waals surface area contributed by atoms with Gasteiger partial charge in [0.25, 0.3) is 0 Å². The molecule has 1 saturated heterocycles. The number of carboxylic acids is 1. The van der Waals surface area contributed by atoms with E-state index in [9.17, 15) is 4.79 Å². The number of aryl methyl sites for hydroxylation is 1. The summed E-state index contributed by atoms with van der Waals surface area (Å²) in [6.07, 6.45) is 2.83. The van der Waals surface area contributed by atoms with Gasteiger partial charge in [-0.2, -0.15) is 5.10 Å². The molecule has 7 nitrogen and oxygen atoms in total. The van der Waals surface area contributed by atoms with E-state index >= 15 is 0 Å². The lowest BCUT2D eigenvalue weighted by Crippen LogP contribution is -2.23. The van der Waals surface area contributed by atoms with E-state index in [2.05, 4.69) is 10.00 Å². The highest BCUT2D eigenvalue weighted by atomic mass is 16.4. The van der Waals surface area contributed by atoms with Crippen molar-refractivity contribution in [2.24, 2.45) is 11.8 Å². The van der Waals surface area contributed by atoms with Crippen LogP contribution < -0.4 is 10.6 Å². The number of hydrogen-bond acceptors (Lipinski definition) is 5. The minimum atomic E-state index is -1.06. The Morgan fingerprint density at radius 3 is 2.74 bits per heavy atom. The topological polar surface area (TPSA) is 97.3 Å². The predicted molar refractivity (Wildman–Crippen MR) is 85.5 cm³/mol. The van der Waals surface area contributed by atoms with Crippen LogP contribution in [0, 0.1) is 18.8 Å². The van der Waals surface area contributed by atoms with E-state index in [4.69, 9.17) is 15.8 Å². The monoisotopic (exact) mass is 313 g/mol. The van der Waals surface area contributed by atoms with Crippen LogP contribution in [0.4, 0.5) is 11.6 Å². The van der Waals surface area contributed by atoms with Crippen LogP contribution in [0.1, 0.15) is 28.0 Å². The normalized spacial score (nSPS) is 22.2. The molecule has 7 heteroatoms. The molecule has 0 amide bonds. The first-order valence-corrected chi connectivity index (χ1v) is 7.79. The van der Waals surface area contributed by atoms with Crippen molar-refractivity contribution in [3.8, 4) is 0 Å². The Balaban J connectivity index is 1.53. The molecule has 0 radical (unpaired) electrons. The molecule has 120 valence electrons. The second kappa shape index (κ2) is 4.97. The molecule has 2 unspecified atom stereocenters. The first-order chi connectivity index (χ1) is 11.0. The van der Waals surface area contributed by atoms with Crippen molar-refractivity contribution < 1.29 is 9.90 Å². The second-order valence-electron chi connectivity index (χ2n) is 6.51. The average molecular weight is 313 g/mol. The predicted octanol–water partition coefficient (Wildman–Crippen LogP) is 1.37. The van der Waals surface area contributed by atoms with Crippen molar-refractivity contribution >= 4 is 17.6 Å². The summed E-state index contributed by atoms with van der Waals surface area (Å²) in [5.74, 6) is 1.75. The van der Waals surface area contributed by atoms with Crippen LogP contribution in [0.5, 0.6) is 0 Å². The second-order valence-corrected chi connectivity index (χ2v) is 6.51. The number of aromatic carboxylic acids is 1. The molecule has 1 aliphatic heterocycles. The summed E-state index contributed by atoms with van der Waals surface area (Å²) in [5, 5.41) is 13.1. The number of carbonyl (C=O) groups is 1. The lowest BCUT2D eigenvalue weighted by Gasteiger charge is -2.20. The van der Waals surface area contributed by atoms with Gasteiger partial charge < -0.3 is 15.7 Å². The van der Waals surface area contributed by atoms with Crippen molar-refractivity contribution in [2.45, 2.75) is 19.9 Å². The summed E-state index contributed by atoms with van der Waals surface area (Å²) in [4.78, 5) is 18.1. The Hall–Kier alpha value is -2.57. The van der Waals surface area contributed by atoms with Gasteiger partial charge in [0, 0.05) is 25.0 Å². The first kappa shape index (κ1) is 14.0. The molecule has 2 atom stereocenters. The Kier molecular flexibility index (Phi) is 3.04. The van der Waals surface area contributed by atoms with Crippen molar-refractivity contribution in [1.82, 2.24) is 14.8 Å². The fourth-order valence-corrected chi connectivity index (χ4v) is 3.36. The van der Waals surface area contributed by atoms with E-state index in [1.165, 1.54) is 12.6 Å². The summed E-state index contributed by atoms with van der Waals surface area (Å²) in [5.41, 5.74) is 7.60. The van der Waals surface area contributed by atoms with Crippen LogP contribution in [-0.4, -0.2) is 38.9 Å². The molecular formula is C16H19N5O2. The van der Waals surface area contributed by atoms with Crippen LogP contribution in [0.3, 0.4) is 0 Å². The quantitative estimate of drug-likeness (QED) is 0.885. The Morgan fingerprint density at radius 1 is 1.39 bits per heavy atom.